The predicted octanol–water partition coefficient (Wildman–Crippen LogP) is 16.5. The summed E-state index contributed by atoms with van der Waals surface area (Å²) in [5.74, 6) is 0. The molecule has 8 aromatic rings. The van der Waals surface area contributed by atoms with Crippen molar-refractivity contribution in [3.63, 3.8) is 0 Å². The van der Waals surface area contributed by atoms with Crippen LogP contribution in [0.4, 0.5) is 0 Å². The molecule has 0 heterocycles. The standard InChI is InChI=1S/2C34H30OSi/c2*1-35-34(29-19-11-7-15-25(29)26-16-8-12-20-30(26)34)31-21-22-33(32(31)36(2,3)4)27-17-9-5-13-23(27)24-14-6-10-18-28(24)33/h2*5-22H,1-4H3. The molecule has 0 atom stereocenters. The Balaban J connectivity index is 0.000000140. The molecule has 14 rings (SSSR count). The summed E-state index contributed by atoms with van der Waals surface area (Å²) in [4.78, 5) is 0. The normalized spacial score (nSPS) is 17.8. The van der Waals surface area contributed by atoms with E-state index in [4.69, 9.17) is 9.47 Å². The zero-order valence-electron chi connectivity index (χ0n) is 42.6. The molecule has 72 heavy (non-hydrogen) atoms. The van der Waals surface area contributed by atoms with Crippen LogP contribution in [-0.2, 0) is 31.5 Å². The molecule has 2 spiro atoms. The largest absolute Gasteiger partial charge is 0.364 e. The lowest BCUT2D eigenvalue weighted by atomic mass is 9.77. The van der Waals surface area contributed by atoms with Crippen LogP contribution >= 0.6 is 0 Å². The fourth-order valence-electron chi connectivity index (χ4n) is 14.8. The minimum Gasteiger partial charge on any atom is -0.364 e. The first-order valence-electron chi connectivity index (χ1n) is 25.7. The maximum Gasteiger partial charge on any atom is 0.144 e. The second-order valence-corrected chi connectivity index (χ2v) is 32.5. The summed E-state index contributed by atoms with van der Waals surface area (Å²) in [6.45, 7) is 15.0. The first-order valence-corrected chi connectivity index (χ1v) is 32.7. The van der Waals surface area contributed by atoms with E-state index in [1.54, 1.807) is 10.4 Å². The fourth-order valence-corrected chi connectivity index (χ4v) is 20.0. The van der Waals surface area contributed by atoms with Crippen molar-refractivity contribution in [1.82, 2.24) is 0 Å². The smallest absolute Gasteiger partial charge is 0.144 e. The van der Waals surface area contributed by atoms with E-state index in [-0.39, 0.29) is 10.8 Å². The molecule has 0 saturated carbocycles. The van der Waals surface area contributed by atoms with Gasteiger partial charge in [-0.25, -0.2) is 0 Å². The van der Waals surface area contributed by atoms with E-state index in [2.05, 4.69) is 258 Å². The number of hydrogen-bond donors (Lipinski definition) is 0. The van der Waals surface area contributed by atoms with Gasteiger partial charge in [-0.2, -0.15) is 0 Å². The van der Waals surface area contributed by atoms with E-state index in [0.717, 1.165) is 0 Å². The second kappa shape index (κ2) is 15.8. The molecule has 0 unspecified atom stereocenters. The quantitative estimate of drug-likeness (QED) is 0.155. The van der Waals surface area contributed by atoms with E-state index in [0.29, 0.717) is 0 Å². The van der Waals surface area contributed by atoms with Crippen LogP contribution in [0.15, 0.2) is 240 Å². The van der Waals surface area contributed by atoms with Gasteiger partial charge in [0.2, 0.25) is 0 Å². The predicted molar refractivity (Wildman–Crippen MR) is 304 cm³/mol. The van der Waals surface area contributed by atoms with Crippen LogP contribution in [0.25, 0.3) is 44.5 Å². The number of rotatable bonds is 6. The molecule has 6 aliphatic carbocycles. The molecular formula is C68H60O2Si2. The highest BCUT2D eigenvalue weighted by atomic mass is 28.3. The van der Waals surface area contributed by atoms with E-state index in [1.807, 2.05) is 14.2 Å². The highest BCUT2D eigenvalue weighted by Gasteiger charge is 2.58. The highest BCUT2D eigenvalue weighted by molar-refractivity contribution is 6.84. The minimum absolute atomic E-state index is 0.259. The molecule has 0 aliphatic heterocycles. The van der Waals surface area contributed by atoms with Gasteiger partial charge in [0.15, 0.2) is 0 Å². The van der Waals surface area contributed by atoms with Crippen molar-refractivity contribution in [1.29, 1.82) is 0 Å². The van der Waals surface area contributed by atoms with Gasteiger partial charge in [-0.1, -0.05) is 268 Å². The molecule has 0 aromatic heterocycles. The maximum atomic E-state index is 6.75. The van der Waals surface area contributed by atoms with Gasteiger partial charge in [-0.3, -0.25) is 0 Å². The number of allylic oxidation sites excluding steroid dienone is 4. The minimum atomic E-state index is -1.90. The summed E-state index contributed by atoms with van der Waals surface area (Å²) >= 11 is 0. The Morgan fingerprint density at radius 1 is 0.278 bits per heavy atom. The second-order valence-electron chi connectivity index (χ2n) is 22.5. The first-order chi connectivity index (χ1) is 34.9. The van der Waals surface area contributed by atoms with Crippen LogP contribution in [0.5, 0.6) is 0 Å². The van der Waals surface area contributed by atoms with Gasteiger partial charge in [-0.15, -0.1) is 0 Å². The van der Waals surface area contributed by atoms with Gasteiger partial charge < -0.3 is 9.47 Å². The van der Waals surface area contributed by atoms with Crippen molar-refractivity contribution in [2.45, 2.75) is 61.3 Å². The van der Waals surface area contributed by atoms with Crippen molar-refractivity contribution in [3.8, 4) is 44.5 Å². The van der Waals surface area contributed by atoms with E-state index in [1.165, 1.54) is 100 Å². The monoisotopic (exact) mass is 964 g/mol. The average Bonchev–Trinajstić information content (AvgIpc) is 4.25. The van der Waals surface area contributed by atoms with Crippen LogP contribution < -0.4 is 0 Å². The highest BCUT2D eigenvalue weighted by Crippen LogP contribution is 2.65. The van der Waals surface area contributed by atoms with Crippen molar-refractivity contribution < 1.29 is 9.47 Å². The third kappa shape index (κ3) is 5.67. The van der Waals surface area contributed by atoms with Crippen LogP contribution in [0.3, 0.4) is 0 Å². The Morgan fingerprint density at radius 3 is 0.681 bits per heavy atom. The molecule has 0 bridgehead atoms. The van der Waals surface area contributed by atoms with E-state index >= 15 is 0 Å². The lowest BCUT2D eigenvalue weighted by molar-refractivity contribution is 0.0613. The molecule has 352 valence electrons. The molecule has 4 heteroatoms. The van der Waals surface area contributed by atoms with Crippen molar-refractivity contribution in [3.05, 3.63) is 284 Å². The fraction of sp³-hybridized carbons (Fsp3) is 0.176. The summed E-state index contributed by atoms with van der Waals surface area (Å²) < 4.78 is 13.5. The molecule has 8 aromatic carbocycles. The van der Waals surface area contributed by atoms with Gasteiger partial charge in [0.25, 0.3) is 0 Å². The van der Waals surface area contributed by atoms with Crippen LogP contribution in [0.1, 0.15) is 44.5 Å². The van der Waals surface area contributed by atoms with Crippen molar-refractivity contribution in [2.75, 3.05) is 14.2 Å². The third-order valence-electron chi connectivity index (χ3n) is 17.0. The molecule has 2 nitrogen and oxygen atoms in total. The Kier molecular flexibility index (Phi) is 9.86. The topological polar surface area (TPSA) is 18.5 Å². The molecule has 0 saturated heterocycles. The van der Waals surface area contributed by atoms with Gasteiger partial charge in [0.1, 0.15) is 11.2 Å². The molecule has 0 radical (unpaired) electrons. The van der Waals surface area contributed by atoms with Crippen LogP contribution in [0, 0.1) is 0 Å². The lowest BCUT2D eigenvalue weighted by Gasteiger charge is -2.41. The number of benzene rings is 8. The SMILES string of the molecule is COC1(C2=C([Si](C)(C)C)C3(C=C2)c2ccccc2-c2ccccc23)c2ccccc2-c2ccccc21.COC1(C2=C([Si](C)(C)C)C3(C=C2)c2ccccc2-c2ccccc23)c2ccccc2-c2ccccc21. The van der Waals surface area contributed by atoms with Crippen LogP contribution in [-0.4, -0.2) is 30.4 Å². The molecule has 0 fully saturated rings. The number of ether oxygens (including phenoxy) is 2. The van der Waals surface area contributed by atoms with Gasteiger partial charge in [0, 0.05) is 36.5 Å². The summed E-state index contributed by atoms with van der Waals surface area (Å²) in [6, 6.07) is 71.3. The Labute approximate surface area is 427 Å². The van der Waals surface area contributed by atoms with Gasteiger partial charge >= 0.3 is 0 Å². The average molecular weight is 965 g/mol. The molecule has 6 aliphatic rings. The summed E-state index contributed by atoms with van der Waals surface area (Å²) in [7, 11) is -0.0116. The van der Waals surface area contributed by atoms with E-state index in [9.17, 15) is 0 Å². The third-order valence-corrected chi connectivity index (χ3v) is 21.3. The zero-order valence-corrected chi connectivity index (χ0v) is 44.6. The molecular weight excluding hydrogens is 905 g/mol. The Morgan fingerprint density at radius 2 is 0.472 bits per heavy atom. The lowest BCUT2D eigenvalue weighted by Crippen LogP contribution is -2.41. The van der Waals surface area contributed by atoms with Crippen LogP contribution in [0.2, 0.25) is 39.3 Å². The summed E-state index contributed by atoms with van der Waals surface area (Å²) in [5.41, 5.74) is 22.0. The molecule has 0 N–H and O–H groups in total. The Hall–Kier alpha value is -6.93. The Bertz CT molecular complexity index is 3290. The van der Waals surface area contributed by atoms with Crippen molar-refractivity contribution in [2.24, 2.45) is 0 Å². The number of methoxy groups -OCH3 is 2. The molecule has 0 amide bonds. The summed E-state index contributed by atoms with van der Waals surface area (Å²) in [5, 5.41) is 3.11. The van der Waals surface area contributed by atoms with Crippen molar-refractivity contribution >= 4 is 16.1 Å². The first kappa shape index (κ1) is 45.0. The maximum absolute atomic E-state index is 6.75. The van der Waals surface area contributed by atoms with E-state index < -0.39 is 27.3 Å². The zero-order chi connectivity index (χ0) is 49.4. The van der Waals surface area contributed by atoms with Gasteiger partial charge in [-0.05, 0) is 77.9 Å². The summed E-state index contributed by atoms with van der Waals surface area (Å²) in [6.07, 6.45) is 9.81. The van der Waals surface area contributed by atoms with Gasteiger partial charge in [0.05, 0.1) is 27.0 Å². The number of hydrogen-bond acceptors (Lipinski definition) is 2. The number of fused-ring (bicyclic) bond motifs is 16.